The Morgan fingerprint density at radius 1 is 1.27 bits per heavy atom. The fraction of sp³-hybridized carbons (Fsp3) is 0.929. The van der Waals surface area contributed by atoms with Crippen molar-refractivity contribution in [2.45, 2.75) is 52.4 Å². The summed E-state index contributed by atoms with van der Waals surface area (Å²) < 4.78 is 34.7. The number of morpholine rings is 1. The van der Waals surface area contributed by atoms with Gasteiger partial charge in [-0.25, -0.2) is 0 Å². The molecule has 0 aromatic heterocycles. The van der Waals surface area contributed by atoms with Gasteiger partial charge in [-0.2, -0.15) is 17.4 Å². The Hall–Kier alpha value is -0.700. The molecule has 1 N–H and O–H groups in total. The fourth-order valence-corrected chi connectivity index (χ4v) is 4.08. The number of carbonyl (C=O) groups is 1. The van der Waals surface area contributed by atoms with Gasteiger partial charge in [0.25, 0.3) is 10.2 Å². The maximum atomic E-state index is 12.6. The van der Waals surface area contributed by atoms with Gasteiger partial charge in [0.1, 0.15) is 6.04 Å². The van der Waals surface area contributed by atoms with Gasteiger partial charge in [-0.3, -0.25) is 4.79 Å². The standard InChI is InChI=1S/C14H29N3O4S/c1-10(2)7-13(14(18)16(5)6)15-22(19,20)17-8-11(3)21-12(4)9-17/h10-13,15H,7-9H2,1-6H3/t11-,12+,13-/m0/s1. The number of hydrogen-bond acceptors (Lipinski definition) is 4. The van der Waals surface area contributed by atoms with Gasteiger partial charge < -0.3 is 9.64 Å². The molecule has 3 atom stereocenters. The van der Waals surface area contributed by atoms with E-state index in [1.807, 2.05) is 27.7 Å². The highest BCUT2D eigenvalue weighted by Gasteiger charge is 2.34. The van der Waals surface area contributed by atoms with E-state index >= 15 is 0 Å². The van der Waals surface area contributed by atoms with Crippen LogP contribution in [0, 0.1) is 5.92 Å². The first-order chi connectivity index (χ1) is 10.0. The van der Waals surface area contributed by atoms with Crippen LogP contribution in [-0.2, 0) is 19.7 Å². The van der Waals surface area contributed by atoms with E-state index in [1.165, 1.54) is 9.21 Å². The summed E-state index contributed by atoms with van der Waals surface area (Å²) in [5, 5.41) is 0. The molecule has 0 spiro atoms. The Labute approximate surface area is 134 Å². The number of nitrogens with one attached hydrogen (secondary N) is 1. The van der Waals surface area contributed by atoms with Crippen molar-refractivity contribution >= 4 is 16.1 Å². The van der Waals surface area contributed by atoms with E-state index in [9.17, 15) is 13.2 Å². The molecule has 22 heavy (non-hydrogen) atoms. The Balaban J connectivity index is 2.87. The van der Waals surface area contributed by atoms with Crippen molar-refractivity contribution in [3.63, 3.8) is 0 Å². The fourth-order valence-electron chi connectivity index (χ4n) is 2.56. The summed E-state index contributed by atoms with van der Waals surface area (Å²) in [5.41, 5.74) is 0. The quantitative estimate of drug-likeness (QED) is 0.764. The summed E-state index contributed by atoms with van der Waals surface area (Å²) >= 11 is 0. The first kappa shape index (κ1) is 19.3. The van der Waals surface area contributed by atoms with E-state index in [4.69, 9.17) is 4.74 Å². The molecule has 8 heteroatoms. The zero-order chi connectivity index (χ0) is 17.1. The number of likely N-dealkylation sites (N-methyl/N-ethyl adjacent to an activating group) is 1. The largest absolute Gasteiger partial charge is 0.373 e. The Morgan fingerprint density at radius 2 is 1.77 bits per heavy atom. The average Bonchev–Trinajstić information content (AvgIpc) is 2.34. The van der Waals surface area contributed by atoms with E-state index in [0.717, 1.165) is 0 Å². The summed E-state index contributed by atoms with van der Waals surface area (Å²) in [4.78, 5) is 13.6. The number of ether oxygens (including phenoxy) is 1. The minimum Gasteiger partial charge on any atom is -0.373 e. The molecular formula is C14H29N3O4S. The molecule has 1 saturated heterocycles. The van der Waals surface area contributed by atoms with Crippen LogP contribution in [0.2, 0.25) is 0 Å². The molecule has 1 aliphatic rings. The summed E-state index contributed by atoms with van der Waals surface area (Å²) in [6.07, 6.45) is 0.146. The van der Waals surface area contributed by atoms with E-state index in [-0.39, 0.29) is 24.0 Å². The third kappa shape index (κ3) is 5.49. The van der Waals surface area contributed by atoms with Crippen molar-refractivity contribution in [3.05, 3.63) is 0 Å². The van der Waals surface area contributed by atoms with Crippen LogP contribution < -0.4 is 4.72 Å². The number of nitrogens with zero attached hydrogens (tertiary/aromatic N) is 2. The Morgan fingerprint density at radius 3 is 2.18 bits per heavy atom. The predicted octanol–water partition coefficient (Wildman–Crippen LogP) is 0.433. The van der Waals surface area contributed by atoms with Crippen LogP contribution in [-0.4, -0.2) is 69.0 Å². The van der Waals surface area contributed by atoms with Gasteiger partial charge in [-0.15, -0.1) is 0 Å². The SMILES string of the molecule is CC(C)C[C@H](NS(=O)(=O)N1C[C@@H](C)O[C@@H](C)C1)C(=O)N(C)C. The molecule has 0 aromatic rings. The van der Waals surface area contributed by atoms with Gasteiger partial charge in [-0.1, -0.05) is 13.8 Å². The zero-order valence-corrected chi connectivity index (χ0v) is 15.2. The lowest BCUT2D eigenvalue weighted by Gasteiger charge is -2.35. The molecule has 130 valence electrons. The molecular weight excluding hydrogens is 306 g/mol. The van der Waals surface area contributed by atoms with E-state index in [2.05, 4.69) is 4.72 Å². The first-order valence-corrected chi connectivity index (χ1v) is 9.11. The van der Waals surface area contributed by atoms with Crippen molar-refractivity contribution in [1.82, 2.24) is 13.9 Å². The van der Waals surface area contributed by atoms with Crippen LogP contribution >= 0.6 is 0 Å². The molecule has 0 bridgehead atoms. The summed E-state index contributed by atoms with van der Waals surface area (Å²) in [5.74, 6) is -0.0224. The lowest BCUT2D eigenvalue weighted by molar-refractivity contribution is -0.130. The van der Waals surface area contributed by atoms with Crippen LogP contribution in [0.25, 0.3) is 0 Å². The summed E-state index contributed by atoms with van der Waals surface area (Å²) in [6, 6.07) is -0.742. The maximum Gasteiger partial charge on any atom is 0.280 e. The van der Waals surface area contributed by atoms with Crippen molar-refractivity contribution in [2.24, 2.45) is 5.92 Å². The highest BCUT2D eigenvalue weighted by Crippen LogP contribution is 2.15. The van der Waals surface area contributed by atoms with E-state index in [1.54, 1.807) is 14.1 Å². The van der Waals surface area contributed by atoms with Crippen LogP contribution in [0.5, 0.6) is 0 Å². The Bertz CT molecular complexity index is 468. The number of carbonyl (C=O) groups excluding carboxylic acids is 1. The predicted molar refractivity (Wildman–Crippen MR) is 85.6 cm³/mol. The third-order valence-electron chi connectivity index (χ3n) is 3.46. The molecule has 1 rings (SSSR count). The third-order valence-corrected chi connectivity index (χ3v) is 5.02. The second-order valence-electron chi connectivity index (χ2n) is 6.61. The smallest absolute Gasteiger partial charge is 0.280 e. The molecule has 1 aliphatic heterocycles. The van der Waals surface area contributed by atoms with Crippen molar-refractivity contribution < 1.29 is 17.9 Å². The van der Waals surface area contributed by atoms with Crippen molar-refractivity contribution in [1.29, 1.82) is 0 Å². The molecule has 1 heterocycles. The van der Waals surface area contributed by atoms with Crippen LogP contribution in [0.15, 0.2) is 0 Å². The minimum absolute atomic E-state index is 0.159. The topological polar surface area (TPSA) is 79.0 Å². The van der Waals surface area contributed by atoms with Crippen molar-refractivity contribution in [3.8, 4) is 0 Å². The molecule has 0 aliphatic carbocycles. The minimum atomic E-state index is -3.72. The lowest BCUT2D eigenvalue weighted by Crippen LogP contribution is -2.56. The highest BCUT2D eigenvalue weighted by molar-refractivity contribution is 7.87. The van der Waals surface area contributed by atoms with Gasteiger partial charge in [0.2, 0.25) is 5.91 Å². The van der Waals surface area contributed by atoms with Gasteiger partial charge in [0.05, 0.1) is 12.2 Å². The van der Waals surface area contributed by atoms with Crippen LogP contribution in [0.1, 0.15) is 34.1 Å². The molecule has 0 radical (unpaired) electrons. The lowest BCUT2D eigenvalue weighted by atomic mass is 10.0. The van der Waals surface area contributed by atoms with Gasteiger partial charge in [-0.05, 0) is 26.2 Å². The number of hydrogen-bond donors (Lipinski definition) is 1. The highest BCUT2D eigenvalue weighted by atomic mass is 32.2. The normalized spacial score (nSPS) is 25.2. The van der Waals surface area contributed by atoms with Gasteiger partial charge >= 0.3 is 0 Å². The molecule has 0 unspecified atom stereocenters. The summed E-state index contributed by atoms with van der Waals surface area (Å²) in [7, 11) is -0.461. The zero-order valence-electron chi connectivity index (χ0n) is 14.4. The molecule has 1 amide bonds. The van der Waals surface area contributed by atoms with Crippen LogP contribution in [0.4, 0.5) is 0 Å². The monoisotopic (exact) mass is 335 g/mol. The van der Waals surface area contributed by atoms with Gasteiger partial charge in [0, 0.05) is 27.2 Å². The van der Waals surface area contributed by atoms with E-state index < -0.39 is 16.3 Å². The average molecular weight is 335 g/mol. The Kier molecular flexibility index (Phi) is 6.79. The molecule has 0 saturated carbocycles. The second-order valence-corrected chi connectivity index (χ2v) is 8.31. The number of rotatable bonds is 6. The van der Waals surface area contributed by atoms with Crippen molar-refractivity contribution in [2.75, 3.05) is 27.2 Å². The maximum absolute atomic E-state index is 12.6. The first-order valence-electron chi connectivity index (χ1n) is 7.67. The summed E-state index contributed by atoms with van der Waals surface area (Å²) in [6.45, 7) is 8.20. The number of amides is 1. The second kappa shape index (κ2) is 7.72. The van der Waals surface area contributed by atoms with Gasteiger partial charge in [0.15, 0.2) is 0 Å². The molecule has 1 fully saturated rings. The van der Waals surface area contributed by atoms with Crippen LogP contribution in [0.3, 0.4) is 0 Å². The molecule has 0 aromatic carbocycles. The van der Waals surface area contributed by atoms with E-state index in [0.29, 0.717) is 19.5 Å². The molecule has 7 nitrogen and oxygen atoms in total.